The van der Waals surface area contributed by atoms with Gasteiger partial charge in [-0.05, 0) is 18.1 Å². The van der Waals surface area contributed by atoms with Crippen LogP contribution in [0.15, 0.2) is 24.8 Å². The van der Waals surface area contributed by atoms with Crippen molar-refractivity contribution in [1.82, 2.24) is 0 Å². The van der Waals surface area contributed by atoms with Gasteiger partial charge in [0.25, 0.3) is 5.91 Å². The van der Waals surface area contributed by atoms with E-state index < -0.39 is 5.91 Å². The molecule has 0 unspecified atom stereocenters. The molecule has 0 saturated carbocycles. The van der Waals surface area contributed by atoms with Gasteiger partial charge in [0.15, 0.2) is 0 Å². The van der Waals surface area contributed by atoms with Gasteiger partial charge in [0.1, 0.15) is 11.5 Å². The van der Waals surface area contributed by atoms with Crippen molar-refractivity contribution in [2.24, 2.45) is 5.73 Å². The number of phenolic OH excluding ortho intramolecular Hbond substituents is 1. The van der Waals surface area contributed by atoms with Crippen LogP contribution in [0.5, 0.6) is 11.5 Å². The Labute approximate surface area is 81.3 Å². The van der Waals surface area contributed by atoms with Crippen molar-refractivity contribution in [3.63, 3.8) is 0 Å². The van der Waals surface area contributed by atoms with E-state index in [0.717, 1.165) is 6.07 Å². The lowest BCUT2D eigenvalue weighted by atomic mass is 10.1. The van der Waals surface area contributed by atoms with Gasteiger partial charge in [0.05, 0.1) is 5.56 Å². The Kier molecular flexibility index (Phi) is 2.76. The van der Waals surface area contributed by atoms with E-state index in [0.29, 0.717) is 12.0 Å². The summed E-state index contributed by atoms with van der Waals surface area (Å²) in [6.07, 6.45) is 1.99. The molecule has 0 aromatic heterocycles. The lowest BCUT2D eigenvalue weighted by Gasteiger charge is -2.05. The highest BCUT2D eigenvalue weighted by Crippen LogP contribution is 2.27. The molecule has 0 aliphatic rings. The molecule has 4 nitrogen and oxygen atoms in total. The van der Waals surface area contributed by atoms with Crippen LogP contribution in [0.2, 0.25) is 0 Å². The highest BCUT2D eigenvalue weighted by molar-refractivity contribution is 5.96. The average Bonchev–Trinajstić information content (AvgIpc) is 2.09. The molecular formula is C10H11NO3. The van der Waals surface area contributed by atoms with Crippen LogP contribution in [-0.2, 0) is 6.42 Å². The molecule has 0 aliphatic carbocycles. The highest BCUT2D eigenvalue weighted by atomic mass is 16.3. The summed E-state index contributed by atoms with van der Waals surface area (Å²) in [5.41, 5.74) is 5.53. The summed E-state index contributed by atoms with van der Waals surface area (Å²) in [5.74, 6) is -1.12. The molecule has 74 valence electrons. The number of benzene rings is 1. The topological polar surface area (TPSA) is 83.6 Å². The van der Waals surface area contributed by atoms with Crippen molar-refractivity contribution < 1.29 is 15.0 Å². The first kappa shape index (κ1) is 10.1. The third kappa shape index (κ3) is 1.85. The average molecular weight is 193 g/mol. The molecular weight excluding hydrogens is 182 g/mol. The Hall–Kier alpha value is -1.97. The standard InChI is InChI=1S/C10H11NO3/c1-2-3-6-4-7(10(11)14)9(13)5-8(6)12/h2,4-5,12-13H,1,3H2,(H2,11,14). The van der Waals surface area contributed by atoms with Crippen molar-refractivity contribution in [2.45, 2.75) is 6.42 Å². The Balaban J connectivity index is 3.26. The summed E-state index contributed by atoms with van der Waals surface area (Å²) in [6, 6.07) is 2.45. The van der Waals surface area contributed by atoms with E-state index in [4.69, 9.17) is 5.73 Å². The maximum atomic E-state index is 10.8. The van der Waals surface area contributed by atoms with E-state index in [1.807, 2.05) is 0 Å². The number of nitrogens with two attached hydrogens (primary N) is 1. The monoisotopic (exact) mass is 193 g/mol. The Morgan fingerprint density at radius 1 is 1.43 bits per heavy atom. The van der Waals surface area contributed by atoms with Gasteiger partial charge in [-0.3, -0.25) is 4.79 Å². The van der Waals surface area contributed by atoms with E-state index in [1.165, 1.54) is 6.07 Å². The number of phenols is 2. The molecule has 0 saturated heterocycles. The molecule has 0 fully saturated rings. The Morgan fingerprint density at radius 2 is 2.07 bits per heavy atom. The van der Waals surface area contributed by atoms with E-state index in [-0.39, 0.29) is 17.1 Å². The number of carbonyl (C=O) groups is 1. The fourth-order valence-corrected chi connectivity index (χ4v) is 1.14. The summed E-state index contributed by atoms with van der Waals surface area (Å²) in [6.45, 7) is 3.50. The van der Waals surface area contributed by atoms with Crippen LogP contribution in [0.4, 0.5) is 0 Å². The molecule has 4 heteroatoms. The number of allylic oxidation sites excluding steroid dienone is 1. The quantitative estimate of drug-likeness (QED) is 0.624. The number of rotatable bonds is 3. The molecule has 0 radical (unpaired) electrons. The molecule has 1 rings (SSSR count). The van der Waals surface area contributed by atoms with Crippen molar-refractivity contribution in [1.29, 1.82) is 0 Å². The van der Waals surface area contributed by atoms with Crippen molar-refractivity contribution in [3.05, 3.63) is 35.9 Å². The summed E-state index contributed by atoms with van der Waals surface area (Å²) in [4.78, 5) is 10.8. The number of hydrogen-bond acceptors (Lipinski definition) is 3. The minimum atomic E-state index is -0.729. The lowest BCUT2D eigenvalue weighted by molar-refractivity contribution is 0.0997. The lowest BCUT2D eigenvalue weighted by Crippen LogP contribution is -2.11. The number of carbonyl (C=O) groups excluding carboxylic acids is 1. The van der Waals surface area contributed by atoms with E-state index >= 15 is 0 Å². The van der Waals surface area contributed by atoms with Crippen LogP contribution in [0.1, 0.15) is 15.9 Å². The predicted octanol–water partition coefficient (Wildman–Crippen LogP) is 0.925. The Bertz CT molecular complexity index is 385. The third-order valence-corrected chi connectivity index (χ3v) is 1.83. The number of amides is 1. The minimum absolute atomic E-state index is 0.000324. The van der Waals surface area contributed by atoms with E-state index in [9.17, 15) is 15.0 Å². The second-order valence-electron chi connectivity index (χ2n) is 2.86. The van der Waals surface area contributed by atoms with Crippen LogP contribution in [0, 0.1) is 0 Å². The van der Waals surface area contributed by atoms with Crippen LogP contribution in [0.25, 0.3) is 0 Å². The van der Waals surface area contributed by atoms with Crippen molar-refractivity contribution in [3.8, 4) is 11.5 Å². The summed E-state index contributed by atoms with van der Waals surface area (Å²) < 4.78 is 0. The fourth-order valence-electron chi connectivity index (χ4n) is 1.14. The van der Waals surface area contributed by atoms with Crippen LogP contribution < -0.4 is 5.73 Å². The fraction of sp³-hybridized carbons (Fsp3) is 0.100. The first-order chi connectivity index (χ1) is 6.56. The van der Waals surface area contributed by atoms with Crippen LogP contribution in [-0.4, -0.2) is 16.1 Å². The number of hydrogen-bond donors (Lipinski definition) is 3. The molecule has 0 atom stereocenters. The maximum absolute atomic E-state index is 10.8. The molecule has 1 aromatic carbocycles. The van der Waals surface area contributed by atoms with Gasteiger partial charge in [-0.25, -0.2) is 0 Å². The minimum Gasteiger partial charge on any atom is -0.508 e. The largest absolute Gasteiger partial charge is 0.508 e. The summed E-state index contributed by atoms with van der Waals surface area (Å²) in [5, 5.41) is 18.6. The summed E-state index contributed by atoms with van der Waals surface area (Å²) >= 11 is 0. The maximum Gasteiger partial charge on any atom is 0.252 e. The van der Waals surface area contributed by atoms with Gasteiger partial charge in [0, 0.05) is 6.07 Å². The first-order valence-electron chi connectivity index (χ1n) is 4.01. The molecule has 0 spiro atoms. The first-order valence-corrected chi connectivity index (χ1v) is 4.01. The van der Waals surface area contributed by atoms with E-state index in [1.54, 1.807) is 6.08 Å². The van der Waals surface area contributed by atoms with Gasteiger partial charge in [-0.15, -0.1) is 6.58 Å². The zero-order valence-corrected chi connectivity index (χ0v) is 7.53. The SMILES string of the molecule is C=CCc1cc(C(N)=O)c(O)cc1O. The molecule has 14 heavy (non-hydrogen) atoms. The number of primary amides is 1. The molecule has 4 N–H and O–H groups in total. The van der Waals surface area contributed by atoms with E-state index in [2.05, 4.69) is 6.58 Å². The molecule has 1 amide bonds. The third-order valence-electron chi connectivity index (χ3n) is 1.83. The molecule has 1 aromatic rings. The molecule has 0 aliphatic heterocycles. The highest BCUT2D eigenvalue weighted by Gasteiger charge is 2.11. The van der Waals surface area contributed by atoms with Crippen LogP contribution >= 0.6 is 0 Å². The smallest absolute Gasteiger partial charge is 0.252 e. The van der Waals surface area contributed by atoms with Gasteiger partial charge in [-0.1, -0.05) is 6.08 Å². The molecule has 0 heterocycles. The van der Waals surface area contributed by atoms with Crippen LogP contribution in [0.3, 0.4) is 0 Å². The van der Waals surface area contributed by atoms with Gasteiger partial charge in [-0.2, -0.15) is 0 Å². The zero-order valence-electron chi connectivity index (χ0n) is 7.53. The predicted molar refractivity (Wildman–Crippen MR) is 52.2 cm³/mol. The Morgan fingerprint density at radius 3 is 2.57 bits per heavy atom. The van der Waals surface area contributed by atoms with Gasteiger partial charge < -0.3 is 15.9 Å². The zero-order chi connectivity index (χ0) is 10.7. The van der Waals surface area contributed by atoms with Gasteiger partial charge in [0.2, 0.25) is 0 Å². The summed E-state index contributed by atoms with van der Waals surface area (Å²) in [7, 11) is 0. The second-order valence-corrected chi connectivity index (χ2v) is 2.86. The molecule has 0 bridgehead atoms. The normalized spacial score (nSPS) is 9.71. The van der Waals surface area contributed by atoms with Crippen molar-refractivity contribution >= 4 is 5.91 Å². The number of aromatic hydroxyl groups is 2. The van der Waals surface area contributed by atoms with Gasteiger partial charge >= 0.3 is 0 Å². The van der Waals surface area contributed by atoms with Crippen molar-refractivity contribution in [2.75, 3.05) is 0 Å². The second kappa shape index (κ2) is 3.83.